The summed E-state index contributed by atoms with van der Waals surface area (Å²) in [6.07, 6.45) is 3.28. The van der Waals surface area contributed by atoms with Gasteiger partial charge in [0, 0.05) is 30.4 Å². The molecule has 0 radical (unpaired) electrons. The average Bonchev–Trinajstić information content (AvgIpc) is 3.11. The van der Waals surface area contributed by atoms with E-state index in [0.717, 1.165) is 0 Å². The van der Waals surface area contributed by atoms with Crippen molar-refractivity contribution >= 4 is 28.8 Å². The van der Waals surface area contributed by atoms with Crippen LogP contribution in [0.5, 0.6) is 0 Å². The first-order valence-corrected chi connectivity index (χ1v) is 9.31. The number of hydrogen-bond donors (Lipinski definition) is 1. The molecule has 4 rings (SSSR count). The summed E-state index contributed by atoms with van der Waals surface area (Å²) in [4.78, 5) is 17.1. The minimum absolute atomic E-state index is 0.0292. The molecule has 146 valence electrons. The van der Waals surface area contributed by atoms with Crippen LogP contribution in [-0.2, 0) is 4.79 Å². The molecule has 29 heavy (non-hydrogen) atoms. The Bertz CT molecular complexity index is 1170. The van der Waals surface area contributed by atoms with E-state index in [1.165, 1.54) is 30.3 Å². The molecule has 2 aromatic carbocycles. The Labute approximate surface area is 170 Å². The average molecular weight is 412 g/mol. The highest BCUT2D eigenvalue weighted by atomic mass is 35.5. The van der Waals surface area contributed by atoms with Crippen molar-refractivity contribution in [1.82, 2.24) is 9.38 Å². The molecule has 1 N–H and O–H groups in total. The van der Waals surface area contributed by atoms with Crippen LogP contribution < -0.4 is 5.32 Å². The van der Waals surface area contributed by atoms with Gasteiger partial charge in [0.2, 0.25) is 5.91 Å². The number of amides is 1. The van der Waals surface area contributed by atoms with Crippen LogP contribution in [0.3, 0.4) is 0 Å². The molecule has 0 bridgehead atoms. The first-order chi connectivity index (χ1) is 14.0. The predicted octanol–water partition coefficient (Wildman–Crippen LogP) is 5.43. The standard InChI is InChI=1S/C22H16ClF2N3O/c23-14-5-10-21-26-12-20(28(21)13-14)18(17-3-1-2-4-19(17)25)11-22(29)27-16-8-6-15(24)7-9-16/h1-10,12-13,18H,11H2,(H,27,29). The summed E-state index contributed by atoms with van der Waals surface area (Å²) in [7, 11) is 0. The van der Waals surface area contributed by atoms with Crippen LogP contribution >= 0.6 is 11.6 Å². The minimum Gasteiger partial charge on any atom is -0.326 e. The molecule has 1 unspecified atom stereocenters. The molecule has 7 heteroatoms. The van der Waals surface area contributed by atoms with E-state index < -0.39 is 17.6 Å². The summed E-state index contributed by atoms with van der Waals surface area (Å²) < 4.78 is 29.5. The zero-order valence-electron chi connectivity index (χ0n) is 15.1. The fourth-order valence-corrected chi connectivity index (χ4v) is 3.45. The molecule has 2 heterocycles. The number of aromatic nitrogens is 2. The van der Waals surface area contributed by atoms with Crippen LogP contribution in [-0.4, -0.2) is 15.3 Å². The van der Waals surface area contributed by atoms with E-state index in [1.54, 1.807) is 47.1 Å². The van der Waals surface area contributed by atoms with Crippen molar-refractivity contribution in [2.75, 3.05) is 5.32 Å². The second-order valence-corrected chi connectivity index (χ2v) is 7.03. The van der Waals surface area contributed by atoms with Gasteiger partial charge < -0.3 is 9.72 Å². The molecular weight excluding hydrogens is 396 g/mol. The summed E-state index contributed by atoms with van der Waals surface area (Å²) in [5, 5.41) is 3.23. The third-order valence-corrected chi connectivity index (χ3v) is 4.88. The van der Waals surface area contributed by atoms with Gasteiger partial charge in [-0.3, -0.25) is 4.79 Å². The number of carbonyl (C=O) groups is 1. The van der Waals surface area contributed by atoms with E-state index in [9.17, 15) is 13.6 Å². The zero-order chi connectivity index (χ0) is 20.4. The largest absolute Gasteiger partial charge is 0.326 e. The fraction of sp³-hybridized carbons (Fsp3) is 0.0909. The fourth-order valence-electron chi connectivity index (χ4n) is 3.29. The molecule has 0 saturated carbocycles. The second-order valence-electron chi connectivity index (χ2n) is 6.59. The summed E-state index contributed by atoms with van der Waals surface area (Å²) >= 11 is 6.12. The molecule has 0 aliphatic heterocycles. The van der Waals surface area contributed by atoms with Crippen LogP contribution in [0.1, 0.15) is 23.6 Å². The monoisotopic (exact) mass is 411 g/mol. The van der Waals surface area contributed by atoms with Crippen molar-refractivity contribution in [3.63, 3.8) is 0 Å². The van der Waals surface area contributed by atoms with Gasteiger partial charge in [-0.05, 0) is 48.0 Å². The number of fused-ring (bicyclic) bond motifs is 1. The predicted molar refractivity (Wildman–Crippen MR) is 108 cm³/mol. The zero-order valence-corrected chi connectivity index (χ0v) is 15.9. The molecule has 0 aliphatic rings. The Kier molecular flexibility index (Phi) is 5.27. The molecule has 0 spiro atoms. The minimum atomic E-state index is -0.592. The molecule has 1 atom stereocenters. The third kappa shape index (κ3) is 4.12. The number of imidazole rings is 1. The number of benzene rings is 2. The molecule has 4 aromatic rings. The topological polar surface area (TPSA) is 46.4 Å². The van der Waals surface area contributed by atoms with Crippen LogP contribution in [0.15, 0.2) is 73.1 Å². The Hall–Kier alpha value is -3.25. The summed E-state index contributed by atoms with van der Waals surface area (Å²) in [5.41, 5.74) is 2.12. The van der Waals surface area contributed by atoms with Gasteiger partial charge in [0.25, 0.3) is 0 Å². The summed E-state index contributed by atoms with van der Waals surface area (Å²) in [6, 6.07) is 15.3. The van der Waals surface area contributed by atoms with E-state index in [4.69, 9.17) is 11.6 Å². The first kappa shape index (κ1) is 19.1. The summed E-state index contributed by atoms with van der Waals surface area (Å²) in [6.45, 7) is 0. The molecular formula is C22H16ClF2N3O. The first-order valence-electron chi connectivity index (χ1n) is 8.93. The lowest BCUT2D eigenvalue weighted by molar-refractivity contribution is -0.116. The highest BCUT2D eigenvalue weighted by Gasteiger charge is 2.24. The number of halogens is 3. The van der Waals surface area contributed by atoms with E-state index in [-0.39, 0.29) is 12.3 Å². The van der Waals surface area contributed by atoms with Gasteiger partial charge in [0.1, 0.15) is 17.3 Å². The maximum absolute atomic E-state index is 14.6. The number of nitrogens with zero attached hydrogens (tertiary/aromatic N) is 2. The van der Waals surface area contributed by atoms with Gasteiger partial charge in [0.15, 0.2) is 0 Å². The maximum Gasteiger partial charge on any atom is 0.225 e. The molecule has 0 saturated heterocycles. The van der Waals surface area contributed by atoms with Crippen molar-refractivity contribution in [3.05, 3.63) is 101 Å². The SMILES string of the molecule is O=C(CC(c1ccccc1F)c1cnc2ccc(Cl)cn12)Nc1ccc(F)cc1. The van der Waals surface area contributed by atoms with Gasteiger partial charge in [-0.15, -0.1) is 0 Å². The quantitative estimate of drug-likeness (QED) is 0.476. The van der Waals surface area contributed by atoms with Crippen LogP contribution in [0, 0.1) is 11.6 Å². The normalized spacial score (nSPS) is 12.1. The third-order valence-electron chi connectivity index (χ3n) is 4.65. The highest BCUT2D eigenvalue weighted by molar-refractivity contribution is 6.30. The van der Waals surface area contributed by atoms with E-state index in [2.05, 4.69) is 10.3 Å². The smallest absolute Gasteiger partial charge is 0.225 e. The molecule has 0 fully saturated rings. The highest BCUT2D eigenvalue weighted by Crippen LogP contribution is 2.31. The number of rotatable bonds is 5. The Balaban J connectivity index is 1.71. The van der Waals surface area contributed by atoms with Crippen LogP contribution in [0.2, 0.25) is 5.02 Å². The van der Waals surface area contributed by atoms with Crippen molar-refractivity contribution in [3.8, 4) is 0 Å². The Morgan fingerprint density at radius 2 is 1.83 bits per heavy atom. The molecule has 0 aliphatic carbocycles. The lowest BCUT2D eigenvalue weighted by Crippen LogP contribution is -2.18. The van der Waals surface area contributed by atoms with Crippen molar-refractivity contribution < 1.29 is 13.6 Å². The van der Waals surface area contributed by atoms with Gasteiger partial charge in [-0.25, -0.2) is 13.8 Å². The lowest BCUT2D eigenvalue weighted by Gasteiger charge is -2.18. The van der Waals surface area contributed by atoms with Crippen molar-refractivity contribution in [2.24, 2.45) is 0 Å². The van der Waals surface area contributed by atoms with E-state index >= 15 is 0 Å². The van der Waals surface area contributed by atoms with Gasteiger partial charge in [0.05, 0.1) is 10.7 Å². The Morgan fingerprint density at radius 1 is 1.07 bits per heavy atom. The van der Waals surface area contributed by atoms with E-state index in [1.807, 2.05) is 0 Å². The van der Waals surface area contributed by atoms with Crippen molar-refractivity contribution in [1.29, 1.82) is 0 Å². The summed E-state index contributed by atoms with van der Waals surface area (Å²) in [5.74, 6) is -1.73. The Morgan fingerprint density at radius 3 is 2.59 bits per heavy atom. The number of nitrogens with one attached hydrogen (secondary N) is 1. The van der Waals surface area contributed by atoms with Gasteiger partial charge in [-0.2, -0.15) is 0 Å². The number of hydrogen-bond acceptors (Lipinski definition) is 2. The molecule has 4 nitrogen and oxygen atoms in total. The lowest BCUT2D eigenvalue weighted by atomic mass is 9.91. The number of carbonyl (C=O) groups excluding carboxylic acids is 1. The van der Waals surface area contributed by atoms with Crippen LogP contribution in [0.25, 0.3) is 5.65 Å². The van der Waals surface area contributed by atoms with Gasteiger partial charge >= 0.3 is 0 Å². The van der Waals surface area contributed by atoms with Crippen molar-refractivity contribution in [2.45, 2.75) is 12.3 Å². The van der Waals surface area contributed by atoms with Gasteiger partial charge in [-0.1, -0.05) is 29.8 Å². The number of anilines is 1. The number of pyridine rings is 1. The van der Waals surface area contributed by atoms with E-state index in [0.29, 0.717) is 27.6 Å². The maximum atomic E-state index is 14.6. The second kappa shape index (κ2) is 8.01. The molecule has 2 aromatic heterocycles. The molecule has 1 amide bonds. The van der Waals surface area contributed by atoms with Crippen LogP contribution in [0.4, 0.5) is 14.5 Å².